The van der Waals surface area contributed by atoms with Gasteiger partial charge in [0.2, 0.25) is 0 Å². The smallest absolute Gasteiger partial charge is 0.0648 e. The Kier molecular flexibility index (Phi) is 9.84. The van der Waals surface area contributed by atoms with E-state index in [0.29, 0.717) is 67.2 Å². The molecule has 37 heavy (non-hydrogen) atoms. The summed E-state index contributed by atoms with van der Waals surface area (Å²) in [5.74, 6) is 4.03. The zero-order chi connectivity index (χ0) is 26.6. The Morgan fingerprint density at radius 2 is 1.57 bits per heavy atom. The summed E-state index contributed by atoms with van der Waals surface area (Å²) in [6.45, 7) is 23.9. The van der Waals surface area contributed by atoms with E-state index in [0.717, 1.165) is 18.3 Å². The van der Waals surface area contributed by atoms with E-state index < -0.39 is 0 Å². The summed E-state index contributed by atoms with van der Waals surface area (Å²) >= 11 is 0. The second kappa shape index (κ2) is 12.5. The summed E-state index contributed by atoms with van der Waals surface area (Å²) in [6, 6.07) is 0. The maximum atomic E-state index is 6.79. The topological polar surface area (TPSA) is 27.7 Å². The Balaban J connectivity index is 1.68. The normalized spacial score (nSPS) is 43.8. The molecule has 0 aromatic carbocycles. The Morgan fingerprint density at radius 1 is 0.865 bits per heavy atom. The van der Waals surface area contributed by atoms with E-state index in [1.54, 1.807) is 0 Å². The molecule has 0 saturated heterocycles. The minimum Gasteiger partial charge on any atom is -0.374 e. The summed E-state index contributed by atoms with van der Waals surface area (Å²) in [5.41, 5.74) is 0.538. The SMILES string of the molecule is C=CCOC1CC2C[C@H](OCC=C)CC[C@]2(C)[C@H]2C[C@H](OCC=C)[C@]3(C)[C@@H]([C@H](C)CCCC)CC[C@H]3C12. The van der Waals surface area contributed by atoms with Crippen LogP contribution in [0.1, 0.15) is 91.9 Å². The summed E-state index contributed by atoms with van der Waals surface area (Å²) in [7, 11) is 0. The van der Waals surface area contributed by atoms with Gasteiger partial charge in [-0.3, -0.25) is 0 Å². The molecule has 210 valence electrons. The first-order valence-corrected chi connectivity index (χ1v) is 15.5. The van der Waals surface area contributed by atoms with Crippen LogP contribution in [0.3, 0.4) is 0 Å². The fourth-order valence-electron chi connectivity index (χ4n) is 9.94. The van der Waals surface area contributed by atoms with Crippen LogP contribution in [-0.4, -0.2) is 38.1 Å². The predicted octanol–water partition coefficient (Wildman–Crippen LogP) is 8.41. The second-order valence-electron chi connectivity index (χ2n) is 13.4. The minimum absolute atomic E-state index is 0.209. The van der Waals surface area contributed by atoms with Crippen LogP contribution in [0, 0.1) is 46.3 Å². The monoisotopic (exact) mass is 512 g/mol. The van der Waals surface area contributed by atoms with Crippen molar-refractivity contribution in [1.29, 1.82) is 0 Å². The second-order valence-corrected chi connectivity index (χ2v) is 13.4. The molecule has 4 aliphatic carbocycles. The maximum absolute atomic E-state index is 6.79. The Morgan fingerprint density at radius 3 is 2.27 bits per heavy atom. The molecule has 3 heteroatoms. The molecule has 4 saturated carbocycles. The molecule has 0 N–H and O–H groups in total. The quantitative estimate of drug-likeness (QED) is 0.232. The van der Waals surface area contributed by atoms with Crippen LogP contribution in [0.15, 0.2) is 38.0 Å². The highest BCUT2D eigenvalue weighted by molar-refractivity contribution is 5.15. The van der Waals surface area contributed by atoms with Crippen LogP contribution in [0.4, 0.5) is 0 Å². The molecule has 0 heterocycles. The minimum atomic E-state index is 0.209. The van der Waals surface area contributed by atoms with Gasteiger partial charge in [-0.25, -0.2) is 0 Å². The van der Waals surface area contributed by atoms with E-state index in [1.165, 1.54) is 57.8 Å². The van der Waals surface area contributed by atoms with E-state index in [9.17, 15) is 0 Å². The molecule has 4 aliphatic rings. The summed E-state index contributed by atoms with van der Waals surface area (Å²) in [4.78, 5) is 0. The van der Waals surface area contributed by atoms with Crippen LogP contribution in [0.25, 0.3) is 0 Å². The van der Waals surface area contributed by atoms with Crippen LogP contribution in [-0.2, 0) is 14.2 Å². The zero-order valence-corrected chi connectivity index (χ0v) is 24.5. The fraction of sp³-hybridized carbons (Fsp3) is 0.824. The summed E-state index contributed by atoms with van der Waals surface area (Å²) < 4.78 is 19.7. The first-order valence-electron chi connectivity index (χ1n) is 15.5. The van der Waals surface area contributed by atoms with Gasteiger partial charge in [-0.1, -0.05) is 65.2 Å². The van der Waals surface area contributed by atoms with Gasteiger partial charge in [0.15, 0.2) is 0 Å². The molecule has 0 amide bonds. The number of fused-ring (bicyclic) bond motifs is 5. The average molecular weight is 513 g/mol. The summed E-state index contributed by atoms with van der Waals surface area (Å²) in [6.07, 6.45) is 19.3. The van der Waals surface area contributed by atoms with Crippen molar-refractivity contribution in [2.45, 2.75) is 110 Å². The number of hydrogen-bond donors (Lipinski definition) is 0. The molecule has 11 atom stereocenters. The van der Waals surface area contributed by atoms with Crippen molar-refractivity contribution in [1.82, 2.24) is 0 Å². The van der Waals surface area contributed by atoms with Crippen LogP contribution < -0.4 is 0 Å². The highest BCUT2D eigenvalue weighted by Gasteiger charge is 2.66. The van der Waals surface area contributed by atoms with Crippen molar-refractivity contribution in [2.75, 3.05) is 19.8 Å². The third-order valence-electron chi connectivity index (χ3n) is 11.7. The van der Waals surface area contributed by atoms with E-state index >= 15 is 0 Å². The van der Waals surface area contributed by atoms with Crippen molar-refractivity contribution < 1.29 is 14.2 Å². The van der Waals surface area contributed by atoms with Crippen LogP contribution in [0.2, 0.25) is 0 Å². The first kappa shape index (κ1) is 29.1. The molecule has 0 aromatic heterocycles. The Bertz CT molecular complexity index is 777. The molecule has 4 fully saturated rings. The van der Waals surface area contributed by atoms with Crippen molar-refractivity contribution in [2.24, 2.45) is 46.3 Å². The van der Waals surface area contributed by atoms with E-state index in [1.807, 2.05) is 18.2 Å². The van der Waals surface area contributed by atoms with Crippen molar-refractivity contribution in [3.05, 3.63) is 38.0 Å². The Labute approximate surface area is 228 Å². The van der Waals surface area contributed by atoms with E-state index in [4.69, 9.17) is 14.2 Å². The van der Waals surface area contributed by atoms with Gasteiger partial charge < -0.3 is 14.2 Å². The standard InChI is InChI=1S/C34H56O3/c1-8-12-13-24(5)27-14-15-28-32-29(23-31(34(27,28)7)37-20-11-4)33(6)17-16-26(35-18-9-2)21-25(33)22-30(32)36-19-10-3/h9-11,24-32H,2-4,8,12-23H2,1,5-7H3/t24-,25?,26-,27-,28+,29+,30?,31+,32?,33+,34-/m1/s1. The third kappa shape index (κ3) is 5.44. The lowest BCUT2D eigenvalue weighted by atomic mass is 9.43. The van der Waals surface area contributed by atoms with Crippen molar-refractivity contribution >= 4 is 0 Å². The zero-order valence-electron chi connectivity index (χ0n) is 24.5. The van der Waals surface area contributed by atoms with Gasteiger partial charge in [0.05, 0.1) is 38.1 Å². The molecular formula is C34H56O3. The molecule has 3 unspecified atom stereocenters. The highest BCUT2D eigenvalue weighted by Crippen LogP contribution is 2.69. The third-order valence-corrected chi connectivity index (χ3v) is 11.7. The van der Waals surface area contributed by atoms with Gasteiger partial charge in [-0.05, 0) is 85.9 Å². The molecular weight excluding hydrogens is 456 g/mol. The van der Waals surface area contributed by atoms with Crippen LogP contribution >= 0.6 is 0 Å². The fourth-order valence-corrected chi connectivity index (χ4v) is 9.94. The number of ether oxygens (including phenoxy) is 3. The molecule has 3 nitrogen and oxygen atoms in total. The molecule has 4 rings (SSSR count). The lowest BCUT2D eigenvalue weighted by Gasteiger charge is -2.64. The average Bonchev–Trinajstić information content (AvgIpc) is 3.26. The molecule has 0 aliphatic heterocycles. The lowest BCUT2D eigenvalue weighted by molar-refractivity contribution is -0.223. The van der Waals surface area contributed by atoms with Gasteiger partial charge >= 0.3 is 0 Å². The number of unbranched alkanes of at least 4 members (excludes halogenated alkanes) is 1. The largest absolute Gasteiger partial charge is 0.374 e. The van der Waals surface area contributed by atoms with Gasteiger partial charge in [-0.2, -0.15) is 0 Å². The first-order chi connectivity index (χ1) is 17.8. The lowest BCUT2D eigenvalue weighted by Crippen LogP contribution is -2.63. The van der Waals surface area contributed by atoms with E-state index in [-0.39, 0.29) is 5.41 Å². The summed E-state index contributed by atoms with van der Waals surface area (Å²) in [5, 5.41) is 0. The Hall–Kier alpha value is -0.900. The molecule has 0 radical (unpaired) electrons. The number of rotatable bonds is 13. The van der Waals surface area contributed by atoms with Gasteiger partial charge in [0.1, 0.15) is 0 Å². The van der Waals surface area contributed by atoms with E-state index in [2.05, 4.69) is 47.4 Å². The van der Waals surface area contributed by atoms with Gasteiger partial charge in [-0.15, -0.1) is 19.7 Å². The van der Waals surface area contributed by atoms with Crippen molar-refractivity contribution in [3.63, 3.8) is 0 Å². The maximum Gasteiger partial charge on any atom is 0.0648 e. The number of hydrogen-bond acceptors (Lipinski definition) is 3. The van der Waals surface area contributed by atoms with Gasteiger partial charge in [0.25, 0.3) is 0 Å². The van der Waals surface area contributed by atoms with Crippen molar-refractivity contribution in [3.8, 4) is 0 Å². The molecule has 0 bridgehead atoms. The van der Waals surface area contributed by atoms with Gasteiger partial charge in [0, 0.05) is 5.41 Å². The highest BCUT2D eigenvalue weighted by atomic mass is 16.5. The molecule has 0 spiro atoms. The van der Waals surface area contributed by atoms with Crippen LogP contribution in [0.5, 0.6) is 0 Å². The predicted molar refractivity (Wildman–Crippen MR) is 154 cm³/mol. The molecule has 0 aromatic rings.